The van der Waals surface area contributed by atoms with E-state index in [1.54, 1.807) is 0 Å². The van der Waals surface area contributed by atoms with Gasteiger partial charge in [-0.25, -0.2) is 0 Å². The second-order valence-corrected chi connectivity index (χ2v) is 6.16. The van der Waals surface area contributed by atoms with Gasteiger partial charge in [0, 0.05) is 31.9 Å². The summed E-state index contributed by atoms with van der Waals surface area (Å²) in [5.74, 6) is 1.49. The first-order valence-electron chi connectivity index (χ1n) is 7.86. The van der Waals surface area contributed by atoms with Gasteiger partial charge in [0.1, 0.15) is 0 Å². The van der Waals surface area contributed by atoms with E-state index in [4.69, 9.17) is 0 Å². The summed E-state index contributed by atoms with van der Waals surface area (Å²) in [6.45, 7) is 6.91. The number of hydrogen-bond acceptors (Lipinski definition) is 2. The van der Waals surface area contributed by atoms with Crippen molar-refractivity contribution in [2.24, 2.45) is 11.8 Å². The third-order valence-electron chi connectivity index (χ3n) is 4.43. The quantitative estimate of drug-likeness (QED) is 0.894. The van der Waals surface area contributed by atoms with Gasteiger partial charge in [-0.3, -0.25) is 4.90 Å². The molecule has 0 bridgehead atoms. The molecule has 2 atom stereocenters. The molecule has 1 N–H and O–H groups in total. The second kappa shape index (κ2) is 6.77. The van der Waals surface area contributed by atoms with Gasteiger partial charge in [0.2, 0.25) is 0 Å². The van der Waals surface area contributed by atoms with Crippen LogP contribution >= 0.6 is 0 Å². The zero-order valence-electron chi connectivity index (χ0n) is 12.7. The molecule has 0 radical (unpaired) electrons. The Bertz CT molecular complexity index is 538. The SMILES string of the molecule is C[C@H]1CN(Cc2ccccc2)C[C@H]1CNc1ccccc1. The highest BCUT2D eigenvalue weighted by atomic mass is 15.2. The van der Waals surface area contributed by atoms with Gasteiger partial charge in [0.25, 0.3) is 0 Å². The molecule has 1 aliphatic rings. The van der Waals surface area contributed by atoms with E-state index >= 15 is 0 Å². The van der Waals surface area contributed by atoms with Gasteiger partial charge in [-0.1, -0.05) is 55.5 Å². The van der Waals surface area contributed by atoms with Crippen LogP contribution in [0.5, 0.6) is 0 Å². The van der Waals surface area contributed by atoms with E-state index in [0.717, 1.165) is 24.9 Å². The maximum atomic E-state index is 3.57. The third kappa shape index (κ3) is 3.85. The molecule has 2 aromatic carbocycles. The van der Waals surface area contributed by atoms with Crippen molar-refractivity contribution in [2.45, 2.75) is 13.5 Å². The number of nitrogens with zero attached hydrogens (tertiary/aromatic N) is 1. The lowest BCUT2D eigenvalue weighted by Crippen LogP contribution is -2.23. The molecule has 0 aromatic heterocycles. The van der Waals surface area contributed by atoms with Crippen molar-refractivity contribution in [1.82, 2.24) is 4.90 Å². The van der Waals surface area contributed by atoms with Gasteiger partial charge in [-0.15, -0.1) is 0 Å². The molecule has 2 aromatic rings. The van der Waals surface area contributed by atoms with Crippen LogP contribution in [0.15, 0.2) is 60.7 Å². The standard InChI is InChI=1S/C19H24N2/c1-16-13-21(14-17-8-4-2-5-9-17)15-18(16)12-20-19-10-6-3-7-11-19/h2-11,16,18,20H,12-15H2,1H3/t16-,18+/m0/s1. The number of anilines is 1. The summed E-state index contributed by atoms with van der Waals surface area (Å²) in [6.07, 6.45) is 0. The van der Waals surface area contributed by atoms with Gasteiger partial charge in [0.05, 0.1) is 0 Å². The minimum Gasteiger partial charge on any atom is -0.385 e. The van der Waals surface area contributed by atoms with E-state index < -0.39 is 0 Å². The molecule has 2 heteroatoms. The maximum Gasteiger partial charge on any atom is 0.0340 e. The van der Waals surface area contributed by atoms with E-state index in [9.17, 15) is 0 Å². The summed E-state index contributed by atoms with van der Waals surface area (Å²) < 4.78 is 0. The molecule has 1 fully saturated rings. The molecule has 21 heavy (non-hydrogen) atoms. The average Bonchev–Trinajstić information content (AvgIpc) is 2.87. The fraction of sp³-hybridized carbons (Fsp3) is 0.368. The second-order valence-electron chi connectivity index (χ2n) is 6.16. The summed E-state index contributed by atoms with van der Waals surface area (Å²) >= 11 is 0. The van der Waals surface area contributed by atoms with Crippen molar-refractivity contribution in [1.29, 1.82) is 0 Å². The van der Waals surface area contributed by atoms with Crippen LogP contribution in [0.25, 0.3) is 0 Å². The van der Waals surface area contributed by atoms with Gasteiger partial charge in [-0.05, 0) is 29.5 Å². The molecular formula is C19H24N2. The fourth-order valence-electron chi connectivity index (χ4n) is 3.18. The van der Waals surface area contributed by atoms with Crippen LogP contribution in [0, 0.1) is 11.8 Å². The molecule has 0 unspecified atom stereocenters. The van der Waals surface area contributed by atoms with E-state index in [0.29, 0.717) is 0 Å². The molecular weight excluding hydrogens is 256 g/mol. The van der Waals surface area contributed by atoms with Crippen LogP contribution in [-0.2, 0) is 6.54 Å². The molecule has 1 heterocycles. The minimum atomic E-state index is 0.730. The van der Waals surface area contributed by atoms with Crippen molar-refractivity contribution < 1.29 is 0 Å². The van der Waals surface area contributed by atoms with Crippen molar-refractivity contribution in [3.05, 3.63) is 66.2 Å². The van der Waals surface area contributed by atoms with Crippen molar-refractivity contribution in [3.8, 4) is 0 Å². The van der Waals surface area contributed by atoms with Crippen LogP contribution in [-0.4, -0.2) is 24.5 Å². The Kier molecular flexibility index (Phi) is 4.56. The Balaban J connectivity index is 1.51. The predicted molar refractivity (Wildman–Crippen MR) is 89.3 cm³/mol. The van der Waals surface area contributed by atoms with Gasteiger partial charge in [-0.2, -0.15) is 0 Å². The first-order valence-corrected chi connectivity index (χ1v) is 7.86. The summed E-state index contributed by atoms with van der Waals surface area (Å²) in [5.41, 5.74) is 2.65. The largest absolute Gasteiger partial charge is 0.385 e. The molecule has 1 aliphatic heterocycles. The maximum absolute atomic E-state index is 3.57. The topological polar surface area (TPSA) is 15.3 Å². The number of para-hydroxylation sites is 1. The Hall–Kier alpha value is -1.80. The van der Waals surface area contributed by atoms with Gasteiger partial charge >= 0.3 is 0 Å². The van der Waals surface area contributed by atoms with Gasteiger partial charge in [0.15, 0.2) is 0 Å². The smallest absolute Gasteiger partial charge is 0.0340 e. The molecule has 0 aliphatic carbocycles. The number of benzene rings is 2. The molecule has 0 spiro atoms. The van der Waals surface area contributed by atoms with Crippen LogP contribution < -0.4 is 5.32 Å². The number of nitrogens with one attached hydrogen (secondary N) is 1. The highest BCUT2D eigenvalue weighted by molar-refractivity contribution is 5.42. The van der Waals surface area contributed by atoms with Crippen LogP contribution in [0.2, 0.25) is 0 Å². The lowest BCUT2D eigenvalue weighted by molar-refractivity contribution is 0.315. The third-order valence-corrected chi connectivity index (χ3v) is 4.43. The first-order chi connectivity index (χ1) is 10.3. The molecule has 110 valence electrons. The lowest BCUT2D eigenvalue weighted by atomic mass is 9.98. The zero-order valence-corrected chi connectivity index (χ0v) is 12.7. The summed E-state index contributed by atoms with van der Waals surface area (Å²) in [5, 5.41) is 3.57. The van der Waals surface area contributed by atoms with Crippen LogP contribution in [0.4, 0.5) is 5.69 Å². The Labute approximate surface area is 127 Å². The average molecular weight is 280 g/mol. The Morgan fingerprint density at radius 2 is 1.62 bits per heavy atom. The normalized spacial score (nSPS) is 22.3. The van der Waals surface area contributed by atoms with Crippen molar-refractivity contribution >= 4 is 5.69 Å². The summed E-state index contributed by atoms with van der Waals surface area (Å²) in [4.78, 5) is 2.58. The Morgan fingerprint density at radius 1 is 0.952 bits per heavy atom. The van der Waals surface area contributed by atoms with E-state index in [1.165, 1.54) is 24.3 Å². The van der Waals surface area contributed by atoms with Crippen LogP contribution in [0.3, 0.4) is 0 Å². The van der Waals surface area contributed by atoms with Crippen molar-refractivity contribution in [3.63, 3.8) is 0 Å². The minimum absolute atomic E-state index is 0.730. The summed E-state index contributed by atoms with van der Waals surface area (Å²) in [6, 6.07) is 21.3. The van der Waals surface area contributed by atoms with E-state index in [-0.39, 0.29) is 0 Å². The highest BCUT2D eigenvalue weighted by Crippen LogP contribution is 2.25. The zero-order chi connectivity index (χ0) is 14.5. The summed E-state index contributed by atoms with van der Waals surface area (Å²) in [7, 11) is 0. The number of rotatable bonds is 5. The van der Waals surface area contributed by atoms with E-state index in [2.05, 4.69) is 77.8 Å². The number of likely N-dealkylation sites (tertiary alicyclic amines) is 1. The lowest BCUT2D eigenvalue weighted by Gasteiger charge is -2.17. The highest BCUT2D eigenvalue weighted by Gasteiger charge is 2.29. The number of hydrogen-bond donors (Lipinski definition) is 1. The molecule has 0 saturated carbocycles. The van der Waals surface area contributed by atoms with Crippen LogP contribution in [0.1, 0.15) is 12.5 Å². The van der Waals surface area contributed by atoms with Crippen molar-refractivity contribution in [2.75, 3.05) is 25.0 Å². The molecule has 2 nitrogen and oxygen atoms in total. The molecule has 1 saturated heterocycles. The fourth-order valence-corrected chi connectivity index (χ4v) is 3.18. The first kappa shape index (κ1) is 14.2. The predicted octanol–water partition coefficient (Wildman–Crippen LogP) is 3.87. The monoisotopic (exact) mass is 280 g/mol. The Morgan fingerprint density at radius 3 is 2.33 bits per heavy atom. The van der Waals surface area contributed by atoms with Gasteiger partial charge < -0.3 is 5.32 Å². The molecule has 0 amide bonds. The molecule has 3 rings (SSSR count). The van der Waals surface area contributed by atoms with E-state index in [1.807, 2.05) is 0 Å².